The van der Waals surface area contributed by atoms with Gasteiger partial charge in [0.05, 0.1) is 30.1 Å². The Hall–Kier alpha value is -3.78. The number of nitrogens with zero attached hydrogens (tertiary/aromatic N) is 2. The number of hydrogen-bond acceptors (Lipinski definition) is 4. The van der Waals surface area contributed by atoms with Gasteiger partial charge in [-0.2, -0.15) is 0 Å². The summed E-state index contributed by atoms with van der Waals surface area (Å²) in [5, 5.41) is 0. The van der Waals surface area contributed by atoms with E-state index in [-0.39, 0.29) is 11.9 Å². The first-order chi connectivity index (χ1) is 14.2. The topological polar surface area (TPSA) is 51.1 Å². The third-order valence-electron chi connectivity index (χ3n) is 5.22. The highest BCUT2D eigenvalue weighted by molar-refractivity contribution is 6.14. The lowest BCUT2D eigenvalue weighted by Crippen LogP contribution is -2.37. The van der Waals surface area contributed by atoms with Crippen molar-refractivity contribution < 1.29 is 14.3 Å². The van der Waals surface area contributed by atoms with Crippen LogP contribution in [0.15, 0.2) is 59.6 Å². The Balaban J connectivity index is 1.50. The van der Waals surface area contributed by atoms with Gasteiger partial charge in [0, 0.05) is 24.3 Å². The van der Waals surface area contributed by atoms with Crippen LogP contribution in [0.5, 0.6) is 11.5 Å². The van der Waals surface area contributed by atoms with Crippen molar-refractivity contribution >= 4 is 23.5 Å². The molecule has 0 spiro atoms. The van der Waals surface area contributed by atoms with Crippen LogP contribution in [0.3, 0.4) is 0 Å². The molecule has 0 saturated carbocycles. The van der Waals surface area contributed by atoms with Crippen LogP contribution in [0.4, 0.5) is 11.4 Å². The van der Waals surface area contributed by atoms with Crippen LogP contribution < -0.4 is 14.4 Å². The number of carbonyl (C=O) groups excluding carboxylic acids is 1. The zero-order valence-electron chi connectivity index (χ0n) is 15.9. The van der Waals surface area contributed by atoms with E-state index < -0.39 is 0 Å². The molecule has 0 radical (unpaired) electrons. The van der Waals surface area contributed by atoms with Gasteiger partial charge in [-0.1, -0.05) is 42.5 Å². The van der Waals surface area contributed by atoms with E-state index in [1.807, 2.05) is 42.6 Å². The van der Waals surface area contributed by atoms with Gasteiger partial charge in [-0.25, -0.2) is 0 Å². The summed E-state index contributed by atoms with van der Waals surface area (Å²) >= 11 is 0. The number of ether oxygens (including phenoxy) is 2. The minimum Gasteiger partial charge on any atom is -0.493 e. The monoisotopic (exact) mass is 382 g/mol. The van der Waals surface area contributed by atoms with Gasteiger partial charge in [0.25, 0.3) is 5.91 Å². The standard InChI is InChI=1S/C24H18N2O3/c1-28-22-12-19-20(13-23(22)29-15-16-7-3-2-4-8-16)25-14-18-11-17-9-5-6-10-21(17)26(18)24(19)27/h2-4,6-8,10,12-14,18H,11,15H2,1H3/t18-/m0/s1. The third-order valence-corrected chi connectivity index (χ3v) is 5.22. The number of amides is 1. The molecule has 2 aliphatic rings. The Kier molecular flexibility index (Phi) is 4.18. The molecule has 0 aromatic heterocycles. The van der Waals surface area contributed by atoms with Crippen LogP contribution in [0.1, 0.15) is 21.5 Å². The van der Waals surface area contributed by atoms with Gasteiger partial charge < -0.3 is 9.47 Å². The Labute approximate surface area is 169 Å². The minimum absolute atomic E-state index is 0.103. The fourth-order valence-electron chi connectivity index (χ4n) is 3.78. The lowest BCUT2D eigenvalue weighted by molar-refractivity contribution is 0.0986. The largest absolute Gasteiger partial charge is 0.493 e. The fraction of sp³-hybridized carbons (Fsp3) is 0.167. The summed E-state index contributed by atoms with van der Waals surface area (Å²) in [6, 6.07) is 23.0. The van der Waals surface area contributed by atoms with Gasteiger partial charge in [-0.05, 0) is 23.8 Å². The van der Waals surface area contributed by atoms with Gasteiger partial charge in [-0.3, -0.25) is 14.7 Å². The summed E-state index contributed by atoms with van der Waals surface area (Å²) in [6.07, 6.45) is 2.51. The van der Waals surface area contributed by atoms with E-state index in [9.17, 15) is 4.79 Å². The molecule has 1 atom stereocenters. The maximum absolute atomic E-state index is 13.4. The Morgan fingerprint density at radius 3 is 2.86 bits per heavy atom. The molecular weight excluding hydrogens is 364 g/mol. The highest BCUT2D eigenvalue weighted by Gasteiger charge is 2.36. The van der Waals surface area contributed by atoms with E-state index >= 15 is 0 Å². The molecule has 5 rings (SSSR count). The maximum atomic E-state index is 13.4. The summed E-state index contributed by atoms with van der Waals surface area (Å²) in [7, 11) is 1.57. The van der Waals surface area contributed by atoms with E-state index in [2.05, 4.69) is 17.1 Å². The number of rotatable bonds is 4. The number of carbonyl (C=O) groups is 1. The normalized spacial score (nSPS) is 16.4. The van der Waals surface area contributed by atoms with E-state index in [1.54, 1.807) is 30.2 Å². The second-order valence-electron chi connectivity index (χ2n) is 6.99. The van der Waals surface area contributed by atoms with Crippen LogP contribution in [0, 0.1) is 12.1 Å². The quantitative estimate of drug-likeness (QED) is 0.681. The molecule has 5 heteroatoms. The lowest BCUT2D eigenvalue weighted by Gasteiger charge is -2.21. The number of benzene rings is 2. The minimum atomic E-state index is -0.128. The van der Waals surface area contributed by atoms with Crippen molar-refractivity contribution in [3.8, 4) is 11.5 Å². The Bertz CT molecular complexity index is 1110. The molecular formula is C24H18N2O3. The van der Waals surface area contributed by atoms with E-state index in [1.165, 1.54) is 0 Å². The number of aliphatic imine (C=N–C) groups is 1. The second kappa shape index (κ2) is 6.99. The molecule has 142 valence electrons. The van der Waals surface area contributed by atoms with Crippen molar-refractivity contribution in [3.05, 3.63) is 83.4 Å². The van der Waals surface area contributed by atoms with Gasteiger partial charge in [0.1, 0.15) is 6.61 Å². The van der Waals surface area contributed by atoms with Crippen molar-refractivity contribution in [2.45, 2.75) is 19.1 Å². The molecule has 0 unspecified atom stereocenters. The SMILES string of the molecule is COc1cc2c(cc1OCc1ccccc1)N=C[C@@H]1Cc3c#cccc3N1C2=O. The van der Waals surface area contributed by atoms with Crippen molar-refractivity contribution in [3.63, 3.8) is 0 Å². The first-order valence-corrected chi connectivity index (χ1v) is 9.42. The summed E-state index contributed by atoms with van der Waals surface area (Å²) in [5.74, 6) is 0.966. The number of methoxy groups -OCH3 is 1. The van der Waals surface area contributed by atoms with Crippen molar-refractivity contribution in [1.82, 2.24) is 0 Å². The predicted octanol–water partition coefficient (Wildman–Crippen LogP) is 4.16. The third kappa shape index (κ3) is 2.99. The first kappa shape index (κ1) is 17.3. The van der Waals surface area contributed by atoms with Crippen LogP contribution in [-0.4, -0.2) is 25.3 Å². The molecule has 0 aliphatic carbocycles. The molecule has 5 nitrogen and oxygen atoms in total. The summed E-state index contributed by atoms with van der Waals surface area (Å²) < 4.78 is 11.5. The molecule has 29 heavy (non-hydrogen) atoms. The smallest absolute Gasteiger partial charge is 0.261 e. The number of anilines is 1. The average Bonchev–Trinajstić information content (AvgIpc) is 3.08. The van der Waals surface area contributed by atoms with Crippen LogP contribution >= 0.6 is 0 Å². The van der Waals surface area contributed by atoms with E-state index in [4.69, 9.17) is 9.47 Å². The van der Waals surface area contributed by atoms with Crippen LogP contribution in [0.25, 0.3) is 0 Å². The number of hydrogen-bond donors (Lipinski definition) is 0. The van der Waals surface area contributed by atoms with Gasteiger partial charge in [-0.15, -0.1) is 0 Å². The highest BCUT2D eigenvalue weighted by atomic mass is 16.5. The second-order valence-corrected chi connectivity index (χ2v) is 6.99. The molecule has 1 amide bonds. The van der Waals surface area contributed by atoms with Crippen LogP contribution in [0.2, 0.25) is 0 Å². The molecule has 0 N–H and O–H groups in total. The predicted molar refractivity (Wildman–Crippen MR) is 110 cm³/mol. The van der Waals surface area contributed by atoms with Gasteiger partial charge >= 0.3 is 0 Å². The highest BCUT2D eigenvalue weighted by Crippen LogP contribution is 2.40. The molecule has 0 bridgehead atoms. The van der Waals surface area contributed by atoms with Crippen molar-refractivity contribution in [2.75, 3.05) is 12.0 Å². The summed E-state index contributed by atoms with van der Waals surface area (Å²) in [5.41, 5.74) is 3.97. The van der Waals surface area contributed by atoms with Crippen LogP contribution in [-0.2, 0) is 13.0 Å². The fourth-order valence-corrected chi connectivity index (χ4v) is 3.78. The zero-order chi connectivity index (χ0) is 19.8. The zero-order valence-corrected chi connectivity index (χ0v) is 15.9. The first-order valence-electron chi connectivity index (χ1n) is 9.42. The average molecular weight is 382 g/mol. The van der Waals surface area contributed by atoms with Gasteiger partial charge in [0.15, 0.2) is 11.5 Å². The molecule has 3 aromatic rings. The Morgan fingerprint density at radius 2 is 2.03 bits per heavy atom. The van der Waals surface area contributed by atoms with Gasteiger partial charge in [0.2, 0.25) is 0 Å². The molecule has 2 heterocycles. The van der Waals surface area contributed by atoms with Crippen molar-refractivity contribution in [2.24, 2.45) is 4.99 Å². The number of fused-ring (bicyclic) bond motifs is 4. The van der Waals surface area contributed by atoms with Crippen molar-refractivity contribution in [1.29, 1.82) is 0 Å². The molecule has 0 fully saturated rings. The molecule has 0 saturated heterocycles. The van der Waals surface area contributed by atoms with E-state index in [0.29, 0.717) is 35.8 Å². The Morgan fingerprint density at radius 1 is 1.17 bits per heavy atom. The maximum Gasteiger partial charge on any atom is 0.261 e. The van der Waals surface area contributed by atoms with E-state index in [0.717, 1.165) is 16.8 Å². The molecule has 3 aromatic carbocycles. The molecule has 2 aliphatic heterocycles. The summed E-state index contributed by atoms with van der Waals surface area (Å²) in [6.45, 7) is 0.405. The summed E-state index contributed by atoms with van der Waals surface area (Å²) in [4.78, 5) is 19.7. The lowest BCUT2D eigenvalue weighted by atomic mass is 10.1.